The Hall–Kier alpha value is -1.31. The molecule has 0 unspecified atom stereocenters. The molecule has 0 amide bonds. The van der Waals surface area contributed by atoms with E-state index in [9.17, 15) is 0 Å². The topological polar surface area (TPSA) is 26.0 Å². The summed E-state index contributed by atoms with van der Waals surface area (Å²) >= 11 is 0. The van der Waals surface area contributed by atoms with E-state index in [0.717, 1.165) is 16.8 Å². The van der Waals surface area contributed by atoms with Gasteiger partial charge in [0.1, 0.15) is 0 Å². The van der Waals surface area contributed by atoms with Gasteiger partial charge in [-0.15, -0.1) is 0 Å². The average molecular weight is 175 g/mol. The first kappa shape index (κ1) is 8.30. The van der Waals surface area contributed by atoms with Crippen LogP contribution in [0.1, 0.15) is 31.0 Å². The molecule has 68 valence electrons. The van der Waals surface area contributed by atoms with Gasteiger partial charge in [-0.05, 0) is 30.5 Å². The molecule has 2 aromatic rings. The van der Waals surface area contributed by atoms with Crippen LogP contribution in [0.5, 0.6) is 0 Å². The summed E-state index contributed by atoms with van der Waals surface area (Å²) in [5.74, 6) is 0.516. The van der Waals surface area contributed by atoms with Crippen molar-refractivity contribution in [3.8, 4) is 0 Å². The zero-order valence-electron chi connectivity index (χ0n) is 8.16. The minimum atomic E-state index is 0.516. The van der Waals surface area contributed by atoms with Crippen LogP contribution >= 0.6 is 0 Å². The first-order valence-electron chi connectivity index (χ1n) is 4.53. The van der Waals surface area contributed by atoms with E-state index < -0.39 is 0 Å². The molecule has 0 fully saturated rings. The highest BCUT2D eigenvalue weighted by atomic mass is 16.3. The molecular weight excluding hydrogens is 162 g/mol. The monoisotopic (exact) mass is 175 g/mol. The SMILES string of the molecule is Cc1cc(C(C)C)c2ccoc2n1. The smallest absolute Gasteiger partial charge is 0.226 e. The Morgan fingerprint density at radius 3 is 2.85 bits per heavy atom. The summed E-state index contributed by atoms with van der Waals surface area (Å²) < 4.78 is 5.28. The van der Waals surface area contributed by atoms with E-state index in [1.807, 2.05) is 13.0 Å². The fraction of sp³-hybridized carbons (Fsp3) is 0.364. The molecule has 0 atom stereocenters. The zero-order chi connectivity index (χ0) is 9.42. The van der Waals surface area contributed by atoms with Crippen LogP contribution in [0.2, 0.25) is 0 Å². The summed E-state index contributed by atoms with van der Waals surface area (Å²) in [6.07, 6.45) is 1.70. The molecule has 2 nitrogen and oxygen atoms in total. The maximum Gasteiger partial charge on any atom is 0.226 e. The van der Waals surface area contributed by atoms with Crippen LogP contribution in [-0.2, 0) is 0 Å². The summed E-state index contributed by atoms with van der Waals surface area (Å²) in [6.45, 7) is 6.36. The zero-order valence-corrected chi connectivity index (χ0v) is 8.16. The molecule has 0 spiro atoms. The third-order valence-corrected chi connectivity index (χ3v) is 2.22. The summed E-state index contributed by atoms with van der Waals surface area (Å²) in [6, 6.07) is 4.11. The molecule has 13 heavy (non-hydrogen) atoms. The molecule has 0 aliphatic heterocycles. The fourth-order valence-corrected chi connectivity index (χ4v) is 1.58. The van der Waals surface area contributed by atoms with E-state index >= 15 is 0 Å². The van der Waals surface area contributed by atoms with Gasteiger partial charge in [-0.2, -0.15) is 0 Å². The van der Waals surface area contributed by atoms with Gasteiger partial charge in [-0.3, -0.25) is 0 Å². The Balaban J connectivity index is 2.77. The molecule has 0 aromatic carbocycles. The molecule has 0 radical (unpaired) electrons. The second-order valence-corrected chi connectivity index (χ2v) is 3.65. The van der Waals surface area contributed by atoms with Crippen molar-refractivity contribution < 1.29 is 4.42 Å². The molecule has 2 aromatic heterocycles. The van der Waals surface area contributed by atoms with Crippen LogP contribution < -0.4 is 0 Å². The molecule has 0 N–H and O–H groups in total. The van der Waals surface area contributed by atoms with Crippen molar-refractivity contribution in [2.75, 3.05) is 0 Å². The lowest BCUT2D eigenvalue weighted by molar-refractivity contribution is 0.601. The molecule has 2 rings (SSSR count). The molecule has 0 saturated heterocycles. The fourth-order valence-electron chi connectivity index (χ4n) is 1.58. The van der Waals surface area contributed by atoms with Gasteiger partial charge in [0.25, 0.3) is 0 Å². The Morgan fingerprint density at radius 1 is 1.38 bits per heavy atom. The van der Waals surface area contributed by atoms with Crippen molar-refractivity contribution in [1.82, 2.24) is 4.98 Å². The quantitative estimate of drug-likeness (QED) is 0.664. The van der Waals surface area contributed by atoms with Crippen molar-refractivity contribution in [2.45, 2.75) is 26.7 Å². The second kappa shape index (κ2) is 2.87. The van der Waals surface area contributed by atoms with Gasteiger partial charge in [-0.1, -0.05) is 13.8 Å². The number of rotatable bonds is 1. The lowest BCUT2D eigenvalue weighted by Gasteiger charge is -2.06. The molecule has 0 aliphatic carbocycles. The first-order chi connectivity index (χ1) is 6.18. The van der Waals surface area contributed by atoms with Gasteiger partial charge >= 0.3 is 0 Å². The van der Waals surface area contributed by atoms with Crippen LogP contribution in [0.4, 0.5) is 0 Å². The number of fused-ring (bicyclic) bond motifs is 1. The van der Waals surface area contributed by atoms with Gasteiger partial charge in [0, 0.05) is 11.1 Å². The number of hydrogen-bond donors (Lipinski definition) is 0. The van der Waals surface area contributed by atoms with Crippen LogP contribution in [0.3, 0.4) is 0 Å². The van der Waals surface area contributed by atoms with E-state index in [1.165, 1.54) is 5.56 Å². The van der Waals surface area contributed by atoms with E-state index in [0.29, 0.717) is 5.92 Å². The Morgan fingerprint density at radius 2 is 2.15 bits per heavy atom. The normalized spacial score (nSPS) is 11.4. The lowest BCUT2D eigenvalue weighted by atomic mass is 10.0. The number of aromatic nitrogens is 1. The molecule has 0 bridgehead atoms. The van der Waals surface area contributed by atoms with Gasteiger partial charge in [-0.25, -0.2) is 4.98 Å². The van der Waals surface area contributed by atoms with Crippen molar-refractivity contribution in [3.63, 3.8) is 0 Å². The predicted octanol–water partition coefficient (Wildman–Crippen LogP) is 3.26. The minimum Gasteiger partial charge on any atom is -0.446 e. The molecule has 2 heteroatoms. The number of hydrogen-bond acceptors (Lipinski definition) is 2. The summed E-state index contributed by atoms with van der Waals surface area (Å²) in [4.78, 5) is 4.31. The minimum absolute atomic E-state index is 0.516. The maximum absolute atomic E-state index is 5.28. The van der Waals surface area contributed by atoms with Gasteiger partial charge < -0.3 is 4.42 Å². The summed E-state index contributed by atoms with van der Waals surface area (Å²) in [5, 5.41) is 1.14. The first-order valence-corrected chi connectivity index (χ1v) is 4.53. The van der Waals surface area contributed by atoms with Crippen molar-refractivity contribution in [2.24, 2.45) is 0 Å². The molecule has 2 heterocycles. The van der Waals surface area contributed by atoms with Crippen LogP contribution in [0.25, 0.3) is 11.1 Å². The molecule has 0 aliphatic rings. The second-order valence-electron chi connectivity index (χ2n) is 3.65. The van der Waals surface area contributed by atoms with Crippen LogP contribution in [0.15, 0.2) is 22.8 Å². The van der Waals surface area contributed by atoms with E-state index in [2.05, 4.69) is 24.9 Å². The van der Waals surface area contributed by atoms with Crippen LogP contribution in [0, 0.1) is 6.92 Å². The Bertz CT molecular complexity index is 429. The average Bonchev–Trinajstić information content (AvgIpc) is 2.49. The number of aryl methyl sites for hydroxylation is 1. The van der Waals surface area contributed by atoms with Gasteiger partial charge in [0.15, 0.2) is 0 Å². The largest absolute Gasteiger partial charge is 0.446 e. The van der Waals surface area contributed by atoms with E-state index in [1.54, 1.807) is 6.26 Å². The summed E-state index contributed by atoms with van der Waals surface area (Å²) in [7, 11) is 0. The highest BCUT2D eigenvalue weighted by Crippen LogP contribution is 2.25. The molecular formula is C11H13NO. The predicted molar refractivity (Wildman–Crippen MR) is 52.8 cm³/mol. The standard InChI is InChI=1S/C11H13NO/c1-7(2)10-6-8(3)12-11-9(10)4-5-13-11/h4-7H,1-3H3. The highest BCUT2D eigenvalue weighted by molar-refractivity contribution is 5.78. The third kappa shape index (κ3) is 1.32. The Kier molecular flexibility index (Phi) is 1.83. The van der Waals surface area contributed by atoms with Gasteiger partial charge in [0.05, 0.1) is 6.26 Å². The Labute approximate surface area is 77.6 Å². The van der Waals surface area contributed by atoms with Gasteiger partial charge in [0.2, 0.25) is 5.71 Å². The maximum atomic E-state index is 5.28. The highest BCUT2D eigenvalue weighted by Gasteiger charge is 2.08. The lowest BCUT2D eigenvalue weighted by Crippen LogP contribution is -1.91. The van der Waals surface area contributed by atoms with Crippen LogP contribution in [-0.4, -0.2) is 4.98 Å². The van der Waals surface area contributed by atoms with Crippen molar-refractivity contribution >= 4 is 11.1 Å². The third-order valence-electron chi connectivity index (χ3n) is 2.22. The number of nitrogens with zero attached hydrogens (tertiary/aromatic N) is 1. The number of pyridine rings is 1. The van der Waals surface area contributed by atoms with E-state index in [4.69, 9.17) is 4.42 Å². The van der Waals surface area contributed by atoms with E-state index in [-0.39, 0.29) is 0 Å². The molecule has 0 saturated carbocycles. The van der Waals surface area contributed by atoms with Crippen molar-refractivity contribution in [3.05, 3.63) is 29.7 Å². The summed E-state index contributed by atoms with van der Waals surface area (Å²) in [5.41, 5.74) is 3.09. The number of furan rings is 1. The van der Waals surface area contributed by atoms with Crippen molar-refractivity contribution in [1.29, 1.82) is 0 Å².